The molecule has 0 spiro atoms. The van der Waals surface area contributed by atoms with Crippen molar-refractivity contribution in [2.24, 2.45) is 5.92 Å². The van der Waals surface area contributed by atoms with E-state index in [1.807, 2.05) is 6.07 Å². The number of thiol groups is 1. The number of halogens is 3. The lowest BCUT2D eigenvalue weighted by Gasteiger charge is -2.37. The summed E-state index contributed by atoms with van der Waals surface area (Å²) < 4.78 is 45.2. The molecule has 3 N–H and O–H groups in total. The van der Waals surface area contributed by atoms with Crippen LogP contribution in [0.1, 0.15) is 24.1 Å². The van der Waals surface area contributed by atoms with Gasteiger partial charge in [0.15, 0.2) is 0 Å². The number of likely N-dealkylation sites (N-methyl/N-ethyl adjacent to an activating group) is 1. The summed E-state index contributed by atoms with van der Waals surface area (Å²) >= 11 is 5.59. The SMILES string of the molecule is CN1CCC(Nc2cccc3c2cc(-c2ncc(CNC(=O)C4CC4)s2)n3CC(F)(F)F)C(NS)C1. The molecule has 2 aromatic heterocycles. The molecule has 1 saturated carbocycles. The fourth-order valence-electron chi connectivity index (χ4n) is 4.73. The van der Waals surface area contributed by atoms with Crippen LogP contribution in [0.5, 0.6) is 0 Å². The van der Waals surface area contributed by atoms with Crippen molar-refractivity contribution in [2.45, 2.75) is 50.6 Å². The van der Waals surface area contributed by atoms with E-state index in [-0.39, 0.29) is 23.9 Å². The Hall–Kier alpha value is -2.28. The highest BCUT2D eigenvalue weighted by atomic mass is 32.1. The highest BCUT2D eigenvalue weighted by Crippen LogP contribution is 2.37. The lowest BCUT2D eigenvalue weighted by atomic mass is 9.99. The number of likely N-dealkylation sites (tertiary alicyclic amines) is 1. The number of nitrogens with one attached hydrogen (secondary N) is 3. The van der Waals surface area contributed by atoms with Crippen LogP contribution in [0, 0.1) is 5.92 Å². The molecule has 2 aliphatic rings. The largest absolute Gasteiger partial charge is 0.406 e. The first-order chi connectivity index (χ1) is 17.2. The van der Waals surface area contributed by atoms with Crippen molar-refractivity contribution >= 4 is 46.6 Å². The Morgan fingerprint density at radius 2 is 2.06 bits per heavy atom. The van der Waals surface area contributed by atoms with Crippen molar-refractivity contribution in [3.63, 3.8) is 0 Å². The normalized spacial score (nSPS) is 21.1. The van der Waals surface area contributed by atoms with Crippen LogP contribution in [0.25, 0.3) is 21.6 Å². The van der Waals surface area contributed by atoms with E-state index in [1.54, 1.807) is 24.4 Å². The van der Waals surface area contributed by atoms with E-state index in [2.05, 4.69) is 45.1 Å². The average molecular weight is 539 g/mol. The van der Waals surface area contributed by atoms with E-state index in [0.29, 0.717) is 28.1 Å². The monoisotopic (exact) mass is 538 g/mol. The van der Waals surface area contributed by atoms with E-state index in [1.165, 1.54) is 15.9 Å². The Labute approximate surface area is 217 Å². The van der Waals surface area contributed by atoms with Gasteiger partial charge in [-0.2, -0.15) is 13.2 Å². The summed E-state index contributed by atoms with van der Waals surface area (Å²) in [5, 5.41) is 7.66. The number of carbonyl (C=O) groups excluding carboxylic acids is 1. The molecule has 1 aliphatic heterocycles. The molecule has 36 heavy (non-hydrogen) atoms. The number of hydrogen-bond acceptors (Lipinski definition) is 7. The number of carbonyl (C=O) groups is 1. The summed E-state index contributed by atoms with van der Waals surface area (Å²) in [5.74, 6) is 0.120. The minimum atomic E-state index is -4.39. The third kappa shape index (κ3) is 5.66. The van der Waals surface area contributed by atoms with Crippen LogP contribution in [0.2, 0.25) is 0 Å². The summed E-state index contributed by atoms with van der Waals surface area (Å²) in [6.45, 7) is 0.945. The van der Waals surface area contributed by atoms with Crippen LogP contribution >= 0.6 is 24.2 Å². The number of piperidine rings is 1. The fraction of sp³-hybridized carbons (Fsp3) is 0.500. The first-order valence-corrected chi connectivity index (χ1v) is 13.2. The molecule has 7 nitrogen and oxygen atoms in total. The van der Waals surface area contributed by atoms with Crippen LogP contribution in [-0.4, -0.2) is 58.8 Å². The maximum absolute atomic E-state index is 13.6. The van der Waals surface area contributed by atoms with Gasteiger partial charge in [0.25, 0.3) is 0 Å². The molecule has 3 heterocycles. The van der Waals surface area contributed by atoms with Gasteiger partial charge in [-0.1, -0.05) is 18.9 Å². The molecule has 12 heteroatoms. The first kappa shape index (κ1) is 25.4. The van der Waals surface area contributed by atoms with Crippen LogP contribution < -0.4 is 15.4 Å². The van der Waals surface area contributed by atoms with E-state index < -0.39 is 12.7 Å². The lowest BCUT2D eigenvalue weighted by Crippen LogP contribution is -2.53. The van der Waals surface area contributed by atoms with E-state index >= 15 is 0 Å². The topological polar surface area (TPSA) is 74.2 Å². The molecule has 0 bridgehead atoms. The van der Waals surface area contributed by atoms with Gasteiger partial charge >= 0.3 is 6.18 Å². The molecule has 1 saturated heterocycles. The molecule has 0 radical (unpaired) electrons. The molecular formula is C24H29F3N6OS2. The number of amides is 1. The smallest absolute Gasteiger partial charge is 0.380 e. The van der Waals surface area contributed by atoms with Crippen LogP contribution in [0.4, 0.5) is 18.9 Å². The van der Waals surface area contributed by atoms with Gasteiger partial charge in [0.1, 0.15) is 11.6 Å². The predicted molar refractivity (Wildman–Crippen MR) is 139 cm³/mol. The number of hydrogen-bond donors (Lipinski definition) is 4. The van der Waals surface area contributed by atoms with Crippen LogP contribution in [0.3, 0.4) is 0 Å². The number of anilines is 1. The maximum atomic E-state index is 13.6. The molecule has 194 valence electrons. The Kier molecular flexibility index (Phi) is 7.21. The zero-order chi connectivity index (χ0) is 25.4. The second-order valence-corrected chi connectivity index (χ2v) is 11.0. The molecule has 1 amide bonds. The standard InChI is InChI=1S/C24H29F3N6OS2/c1-32-8-7-18(19(12-32)31-35)30-17-3-2-4-20-16(17)9-21(33(20)13-24(25,26)27)23-29-11-15(36-23)10-28-22(34)14-5-6-14/h2-4,9,11,14,18-19,30-31,35H,5-8,10,12-13H2,1H3,(H,28,34). The Bertz CT molecular complexity index is 1240. The molecule has 3 aromatic rings. The van der Waals surface area contributed by atoms with Crippen LogP contribution in [0.15, 0.2) is 30.5 Å². The fourth-order valence-corrected chi connectivity index (χ4v) is 5.87. The third-order valence-corrected chi connectivity index (χ3v) is 8.11. The minimum Gasteiger partial charge on any atom is -0.380 e. The number of benzene rings is 1. The highest BCUT2D eigenvalue weighted by Gasteiger charge is 2.32. The van der Waals surface area contributed by atoms with Gasteiger partial charge in [-0.3, -0.25) is 9.52 Å². The number of thiazole rings is 1. The quantitative estimate of drug-likeness (QED) is 0.323. The zero-order valence-electron chi connectivity index (χ0n) is 19.8. The summed E-state index contributed by atoms with van der Waals surface area (Å²) in [6, 6.07) is 7.35. The van der Waals surface area contributed by atoms with E-state index in [4.69, 9.17) is 0 Å². The van der Waals surface area contributed by atoms with Gasteiger partial charge < -0.3 is 20.1 Å². The molecule has 2 fully saturated rings. The predicted octanol–water partition coefficient (Wildman–Crippen LogP) is 4.27. The number of rotatable bonds is 8. The molecule has 2 unspecified atom stereocenters. The van der Waals surface area contributed by atoms with E-state index in [9.17, 15) is 18.0 Å². The van der Waals surface area contributed by atoms with Crippen molar-refractivity contribution < 1.29 is 18.0 Å². The summed E-state index contributed by atoms with van der Waals surface area (Å²) in [7, 11) is 2.05. The molecule has 1 aliphatic carbocycles. The van der Waals surface area contributed by atoms with Gasteiger partial charge in [-0.05, 0) is 51.1 Å². The van der Waals surface area contributed by atoms with E-state index in [0.717, 1.165) is 42.9 Å². The minimum absolute atomic E-state index is 0.0229. The molecular weight excluding hydrogens is 509 g/mol. The number of alkyl halides is 3. The van der Waals surface area contributed by atoms with Crippen LogP contribution in [-0.2, 0) is 17.9 Å². The van der Waals surface area contributed by atoms with Gasteiger partial charge in [-0.25, -0.2) is 4.98 Å². The second-order valence-electron chi connectivity index (χ2n) is 9.63. The van der Waals surface area contributed by atoms with Gasteiger partial charge in [0, 0.05) is 46.7 Å². The third-order valence-electron chi connectivity index (χ3n) is 6.76. The first-order valence-electron chi connectivity index (χ1n) is 12.0. The molecule has 2 atom stereocenters. The Morgan fingerprint density at radius 3 is 2.78 bits per heavy atom. The number of nitrogens with zero attached hydrogens (tertiary/aromatic N) is 3. The Morgan fingerprint density at radius 1 is 1.25 bits per heavy atom. The summed E-state index contributed by atoms with van der Waals surface area (Å²) in [5.41, 5.74) is 1.69. The zero-order valence-corrected chi connectivity index (χ0v) is 21.5. The van der Waals surface area contributed by atoms with Crippen molar-refractivity contribution in [3.05, 3.63) is 35.3 Å². The number of aromatic nitrogens is 2. The molecule has 5 rings (SSSR count). The lowest BCUT2D eigenvalue weighted by molar-refractivity contribution is -0.139. The van der Waals surface area contributed by atoms with Crippen molar-refractivity contribution in [1.82, 2.24) is 24.5 Å². The van der Waals surface area contributed by atoms with Crippen molar-refractivity contribution in [2.75, 3.05) is 25.5 Å². The second kappa shape index (κ2) is 10.2. The average Bonchev–Trinajstić information content (AvgIpc) is 3.48. The van der Waals surface area contributed by atoms with Crippen molar-refractivity contribution in [3.8, 4) is 10.7 Å². The van der Waals surface area contributed by atoms with Crippen molar-refractivity contribution in [1.29, 1.82) is 0 Å². The molecule has 1 aromatic carbocycles. The Balaban J connectivity index is 1.46. The maximum Gasteiger partial charge on any atom is 0.406 e. The van der Waals surface area contributed by atoms with Gasteiger partial charge in [0.05, 0.1) is 17.8 Å². The highest BCUT2D eigenvalue weighted by molar-refractivity contribution is 7.78. The summed E-state index contributed by atoms with van der Waals surface area (Å²) in [6.07, 6.45) is -0.0589. The summed E-state index contributed by atoms with van der Waals surface area (Å²) in [4.78, 5) is 19.4. The van der Waals surface area contributed by atoms with Gasteiger partial charge in [-0.15, -0.1) is 11.3 Å². The number of fused-ring (bicyclic) bond motifs is 1. The van der Waals surface area contributed by atoms with Gasteiger partial charge in [0.2, 0.25) is 5.91 Å².